The van der Waals surface area contributed by atoms with Crippen LogP contribution >= 0.6 is 0 Å². The normalized spacial score (nSPS) is 12.3. The lowest BCUT2D eigenvalue weighted by molar-refractivity contribution is -0.137. The largest absolute Gasteiger partial charge is 0.481 e. The van der Waals surface area contributed by atoms with E-state index in [0.717, 1.165) is 12.8 Å². The molecule has 0 saturated heterocycles. The highest BCUT2D eigenvalue weighted by molar-refractivity contribution is 5.66. The van der Waals surface area contributed by atoms with Gasteiger partial charge in [-0.1, -0.05) is 69.4 Å². The van der Waals surface area contributed by atoms with Gasteiger partial charge < -0.3 is 5.11 Å². The van der Waals surface area contributed by atoms with E-state index in [1.165, 1.54) is 70.6 Å². The monoisotopic (exact) mass is 310 g/mol. The standard InChI is InChI=1S/C20H38O2/c1-4-5-6-7-9-12-15-18(2)19(3)16-13-10-8-11-14-17-20(21)22/h4-17H2,1-3H3,(H,21,22)/b19-18-. The molecule has 1 N–H and O–H groups in total. The predicted octanol–water partition coefficient (Wildman–Crippen LogP) is 6.89. The van der Waals surface area contributed by atoms with E-state index in [1.807, 2.05) is 0 Å². The molecule has 0 spiro atoms. The predicted molar refractivity (Wildman–Crippen MR) is 96.3 cm³/mol. The van der Waals surface area contributed by atoms with Gasteiger partial charge in [0.25, 0.3) is 0 Å². The molecule has 22 heavy (non-hydrogen) atoms. The van der Waals surface area contributed by atoms with E-state index in [4.69, 9.17) is 5.11 Å². The summed E-state index contributed by atoms with van der Waals surface area (Å²) in [4.78, 5) is 10.4. The fourth-order valence-corrected chi connectivity index (χ4v) is 2.79. The molecule has 0 unspecified atom stereocenters. The molecule has 2 nitrogen and oxygen atoms in total. The Bertz CT molecular complexity index is 305. The van der Waals surface area contributed by atoms with Gasteiger partial charge in [0.1, 0.15) is 0 Å². The summed E-state index contributed by atoms with van der Waals surface area (Å²) in [5, 5.41) is 8.58. The summed E-state index contributed by atoms with van der Waals surface area (Å²) in [7, 11) is 0. The van der Waals surface area contributed by atoms with Gasteiger partial charge in [-0.2, -0.15) is 0 Å². The minimum absolute atomic E-state index is 0.330. The fourth-order valence-electron chi connectivity index (χ4n) is 2.79. The second-order valence-electron chi connectivity index (χ2n) is 6.74. The molecule has 0 bridgehead atoms. The van der Waals surface area contributed by atoms with Gasteiger partial charge >= 0.3 is 5.97 Å². The molecule has 0 rings (SSSR count). The molecule has 0 aromatic rings. The van der Waals surface area contributed by atoms with E-state index in [1.54, 1.807) is 11.1 Å². The number of aliphatic carboxylic acids is 1. The van der Waals surface area contributed by atoms with Crippen molar-refractivity contribution in [3.05, 3.63) is 11.1 Å². The molecule has 130 valence electrons. The Morgan fingerprint density at radius 2 is 1.00 bits per heavy atom. The SMILES string of the molecule is CCCCCCCC/C(C)=C(/C)CCCCCCCC(=O)O. The zero-order valence-electron chi connectivity index (χ0n) is 15.3. The Morgan fingerprint density at radius 3 is 1.41 bits per heavy atom. The van der Waals surface area contributed by atoms with Gasteiger partial charge in [0.2, 0.25) is 0 Å². The summed E-state index contributed by atoms with van der Waals surface area (Å²) in [6.45, 7) is 6.85. The summed E-state index contributed by atoms with van der Waals surface area (Å²) in [6.07, 6.45) is 16.6. The average molecular weight is 311 g/mol. The van der Waals surface area contributed by atoms with Crippen molar-refractivity contribution in [1.82, 2.24) is 0 Å². The molecule has 0 aromatic heterocycles. The van der Waals surface area contributed by atoms with Crippen LogP contribution in [-0.2, 0) is 4.79 Å². The van der Waals surface area contributed by atoms with Gasteiger partial charge in [0.05, 0.1) is 0 Å². The first-order chi connectivity index (χ1) is 10.6. The summed E-state index contributed by atoms with van der Waals surface area (Å²) >= 11 is 0. The Kier molecular flexibility index (Phi) is 14.6. The van der Waals surface area contributed by atoms with E-state index >= 15 is 0 Å². The van der Waals surface area contributed by atoms with Gasteiger partial charge in [-0.25, -0.2) is 0 Å². The van der Waals surface area contributed by atoms with Crippen molar-refractivity contribution in [2.24, 2.45) is 0 Å². The molecular weight excluding hydrogens is 272 g/mol. The number of carboxylic acids is 1. The van der Waals surface area contributed by atoms with Crippen LogP contribution in [0.2, 0.25) is 0 Å². The number of allylic oxidation sites excluding steroid dienone is 2. The second kappa shape index (κ2) is 15.1. The number of carbonyl (C=O) groups is 1. The van der Waals surface area contributed by atoms with Gasteiger partial charge in [-0.3, -0.25) is 4.79 Å². The van der Waals surface area contributed by atoms with E-state index < -0.39 is 5.97 Å². The third-order valence-electron chi connectivity index (χ3n) is 4.58. The van der Waals surface area contributed by atoms with E-state index in [0.29, 0.717) is 6.42 Å². The van der Waals surface area contributed by atoms with Crippen molar-refractivity contribution >= 4 is 5.97 Å². The number of hydrogen-bond donors (Lipinski definition) is 1. The van der Waals surface area contributed by atoms with Crippen LogP contribution in [0.1, 0.15) is 111 Å². The fraction of sp³-hybridized carbons (Fsp3) is 0.850. The van der Waals surface area contributed by atoms with Crippen molar-refractivity contribution in [1.29, 1.82) is 0 Å². The van der Waals surface area contributed by atoms with Gasteiger partial charge in [0, 0.05) is 6.42 Å². The van der Waals surface area contributed by atoms with E-state index in [2.05, 4.69) is 20.8 Å². The zero-order valence-corrected chi connectivity index (χ0v) is 15.3. The molecule has 2 heteroatoms. The zero-order chi connectivity index (χ0) is 16.6. The van der Waals surface area contributed by atoms with Crippen LogP contribution in [-0.4, -0.2) is 11.1 Å². The highest BCUT2D eigenvalue weighted by Gasteiger charge is 2.00. The average Bonchev–Trinajstić information content (AvgIpc) is 2.49. The molecule has 0 aromatic carbocycles. The number of carboxylic acid groups (broad SMARTS) is 1. The lowest BCUT2D eigenvalue weighted by Gasteiger charge is -2.08. The summed E-state index contributed by atoms with van der Waals surface area (Å²) in [5.74, 6) is -0.663. The lowest BCUT2D eigenvalue weighted by Crippen LogP contribution is -1.93. The molecule has 0 amide bonds. The van der Waals surface area contributed by atoms with Crippen LogP contribution in [0.25, 0.3) is 0 Å². The molecule has 0 saturated carbocycles. The maximum Gasteiger partial charge on any atom is 0.303 e. The maximum absolute atomic E-state index is 10.4. The van der Waals surface area contributed by atoms with Crippen LogP contribution < -0.4 is 0 Å². The van der Waals surface area contributed by atoms with Crippen molar-refractivity contribution < 1.29 is 9.90 Å². The second-order valence-corrected chi connectivity index (χ2v) is 6.74. The quantitative estimate of drug-likeness (QED) is 0.264. The molecule has 0 aliphatic carbocycles. The lowest BCUT2D eigenvalue weighted by atomic mass is 9.98. The van der Waals surface area contributed by atoms with Crippen LogP contribution in [0.4, 0.5) is 0 Å². The van der Waals surface area contributed by atoms with Crippen molar-refractivity contribution in [3.63, 3.8) is 0 Å². The molecule has 0 fully saturated rings. The number of hydrogen-bond acceptors (Lipinski definition) is 1. The summed E-state index contributed by atoms with van der Waals surface area (Å²) in [6, 6.07) is 0. The van der Waals surface area contributed by atoms with Crippen molar-refractivity contribution in [2.75, 3.05) is 0 Å². The van der Waals surface area contributed by atoms with Crippen LogP contribution in [0.15, 0.2) is 11.1 Å². The molecule has 0 radical (unpaired) electrons. The third-order valence-corrected chi connectivity index (χ3v) is 4.58. The van der Waals surface area contributed by atoms with E-state index in [-0.39, 0.29) is 0 Å². The van der Waals surface area contributed by atoms with Gasteiger partial charge in [-0.05, 0) is 46.0 Å². The number of rotatable bonds is 15. The Balaban J connectivity index is 3.53. The molecule has 0 aliphatic rings. The third kappa shape index (κ3) is 14.2. The topological polar surface area (TPSA) is 37.3 Å². The highest BCUT2D eigenvalue weighted by atomic mass is 16.4. The molecule has 0 heterocycles. The Morgan fingerprint density at radius 1 is 0.636 bits per heavy atom. The maximum atomic E-state index is 10.4. The number of unbranched alkanes of at least 4 members (excludes halogenated alkanes) is 9. The summed E-state index contributed by atoms with van der Waals surface area (Å²) in [5.41, 5.74) is 3.18. The smallest absolute Gasteiger partial charge is 0.303 e. The Labute approximate surface area is 138 Å². The van der Waals surface area contributed by atoms with Crippen molar-refractivity contribution in [3.8, 4) is 0 Å². The first-order valence-corrected chi connectivity index (χ1v) is 9.45. The van der Waals surface area contributed by atoms with Gasteiger partial charge in [0.15, 0.2) is 0 Å². The van der Waals surface area contributed by atoms with Crippen LogP contribution in [0, 0.1) is 0 Å². The Hall–Kier alpha value is -0.790. The minimum Gasteiger partial charge on any atom is -0.481 e. The highest BCUT2D eigenvalue weighted by Crippen LogP contribution is 2.19. The summed E-state index contributed by atoms with van der Waals surface area (Å²) < 4.78 is 0. The van der Waals surface area contributed by atoms with Crippen LogP contribution in [0.5, 0.6) is 0 Å². The first-order valence-electron chi connectivity index (χ1n) is 9.45. The molecular formula is C20H38O2. The molecule has 0 atom stereocenters. The van der Waals surface area contributed by atoms with Gasteiger partial charge in [-0.15, -0.1) is 0 Å². The van der Waals surface area contributed by atoms with Crippen molar-refractivity contribution in [2.45, 2.75) is 111 Å². The first kappa shape index (κ1) is 21.2. The molecule has 0 aliphatic heterocycles. The minimum atomic E-state index is -0.663. The van der Waals surface area contributed by atoms with Crippen LogP contribution in [0.3, 0.4) is 0 Å². The van der Waals surface area contributed by atoms with E-state index in [9.17, 15) is 4.79 Å².